The van der Waals surface area contributed by atoms with Crippen molar-refractivity contribution in [3.63, 3.8) is 0 Å². The third kappa shape index (κ3) is 2.69. The van der Waals surface area contributed by atoms with E-state index in [0.717, 1.165) is 31.1 Å². The van der Waals surface area contributed by atoms with Gasteiger partial charge in [0.1, 0.15) is 0 Å². The molecule has 0 radical (unpaired) electrons. The molecule has 0 unspecified atom stereocenters. The van der Waals surface area contributed by atoms with Crippen LogP contribution in [0.15, 0.2) is 5.38 Å². The van der Waals surface area contributed by atoms with E-state index in [1.165, 1.54) is 18.0 Å². The number of anilines is 1. The highest BCUT2D eigenvalue weighted by atomic mass is 32.1. The van der Waals surface area contributed by atoms with Crippen molar-refractivity contribution in [2.24, 2.45) is 11.7 Å². The topological polar surface area (TPSA) is 42.2 Å². The normalized spacial score (nSPS) is 18.4. The molecule has 3 nitrogen and oxygen atoms in total. The van der Waals surface area contributed by atoms with Gasteiger partial charge in [-0.05, 0) is 25.3 Å². The van der Waals surface area contributed by atoms with Crippen LogP contribution in [-0.2, 0) is 6.42 Å². The summed E-state index contributed by atoms with van der Waals surface area (Å²) in [4.78, 5) is 7.02. The number of rotatable bonds is 3. The summed E-state index contributed by atoms with van der Waals surface area (Å²) in [6.45, 7) is 5.35. The fourth-order valence-electron chi connectivity index (χ4n) is 1.90. The van der Waals surface area contributed by atoms with E-state index in [9.17, 15) is 0 Å². The van der Waals surface area contributed by atoms with E-state index in [4.69, 9.17) is 5.73 Å². The summed E-state index contributed by atoms with van der Waals surface area (Å²) in [6.07, 6.45) is 3.50. The summed E-state index contributed by atoms with van der Waals surface area (Å²) < 4.78 is 0. The third-order valence-corrected chi connectivity index (χ3v) is 3.94. The molecule has 0 spiro atoms. The first-order chi connectivity index (χ1) is 7.29. The van der Waals surface area contributed by atoms with E-state index in [1.54, 1.807) is 11.3 Å². The molecule has 15 heavy (non-hydrogen) atoms. The molecule has 1 aromatic heterocycles. The van der Waals surface area contributed by atoms with Crippen LogP contribution < -0.4 is 10.6 Å². The van der Waals surface area contributed by atoms with Gasteiger partial charge in [0.2, 0.25) is 0 Å². The highest BCUT2D eigenvalue weighted by molar-refractivity contribution is 7.13. The third-order valence-electron chi connectivity index (χ3n) is 2.99. The highest BCUT2D eigenvalue weighted by Crippen LogP contribution is 2.25. The van der Waals surface area contributed by atoms with Crippen LogP contribution in [0.3, 0.4) is 0 Å². The summed E-state index contributed by atoms with van der Waals surface area (Å²) in [5.41, 5.74) is 6.67. The van der Waals surface area contributed by atoms with Crippen LogP contribution in [0, 0.1) is 5.92 Å². The van der Waals surface area contributed by atoms with E-state index in [1.807, 2.05) is 0 Å². The van der Waals surface area contributed by atoms with Crippen molar-refractivity contribution in [2.75, 3.05) is 24.5 Å². The molecule has 1 aliphatic heterocycles. The van der Waals surface area contributed by atoms with E-state index in [-0.39, 0.29) is 0 Å². The van der Waals surface area contributed by atoms with Crippen LogP contribution in [0.4, 0.5) is 5.13 Å². The molecule has 0 aromatic carbocycles. The molecule has 1 saturated heterocycles. The standard InChI is InChI=1S/C11H19N3S/c1-9-3-6-14(7-4-9)11-13-10(2-5-12)8-15-11/h8-9H,2-7,12H2,1H3. The Balaban J connectivity index is 1.96. The number of nitrogens with zero attached hydrogens (tertiary/aromatic N) is 2. The molecule has 4 heteroatoms. The van der Waals surface area contributed by atoms with E-state index in [2.05, 4.69) is 22.2 Å². The van der Waals surface area contributed by atoms with Crippen molar-refractivity contribution < 1.29 is 0 Å². The maximum atomic E-state index is 5.52. The van der Waals surface area contributed by atoms with Gasteiger partial charge in [-0.1, -0.05) is 6.92 Å². The summed E-state index contributed by atoms with van der Waals surface area (Å²) in [7, 11) is 0. The Bertz CT molecular complexity index is 303. The molecule has 1 fully saturated rings. The lowest BCUT2D eigenvalue weighted by Crippen LogP contribution is -2.32. The fourth-order valence-corrected chi connectivity index (χ4v) is 2.82. The zero-order valence-corrected chi connectivity index (χ0v) is 10.1. The van der Waals surface area contributed by atoms with Crippen molar-refractivity contribution in [1.82, 2.24) is 4.98 Å². The molecule has 2 rings (SSSR count). The number of hydrogen-bond acceptors (Lipinski definition) is 4. The minimum Gasteiger partial charge on any atom is -0.348 e. The van der Waals surface area contributed by atoms with E-state index in [0.29, 0.717) is 6.54 Å². The number of piperidine rings is 1. The van der Waals surface area contributed by atoms with E-state index < -0.39 is 0 Å². The molecule has 2 heterocycles. The SMILES string of the molecule is CC1CCN(c2nc(CCN)cs2)CC1. The fraction of sp³-hybridized carbons (Fsp3) is 0.727. The predicted octanol–water partition coefficient (Wildman–Crippen LogP) is 1.88. The second-order valence-electron chi connectivity index (χ2n) is 4.33. The molecule has 2 N–H and O–H groups in total. The smallest absolute Gasteiger partial charge is 0.185 e. The van der Waals surface area contributed by atoms with Crippen molar-refractivity contribution in [3.05, 3.63) is 11.1 Å². The van der Waals surface area contributed by atoms with Crippen LogP contribution in [0.2, 0.25) is 0 Å². The number of thiazole rings is 1. The Morgan fingerprint density at radius 2 is 2.27 bits per heavy atom. The molecule has 1 aliphatic rings. The van der Waals surface area contributed by atoms with Crippen LogP contribution in [0.1, 0.15) is 25.5 Å². The summed E-state index contributed by atoms with van der Waals surface area (Å²) in [5, 5.41) is 3.32. The minimum absolute atomic E-state index is 0.695. The van der Waals surface area contributed by atoms with Crippen molar-refractivity contribution in [3.8, 4) is 0 Å². The van der Waals surface area contributed by atoms with Crippen molar-refractivity contribution in [2.45, 2.75) is 26.2 Å². The minimum atomic E-state index is 0.695. The second-order valence-corrected chi connectivity index (χ2v) is 5.17. The molecule has 0 bridgehead atoms. The molecule has 0 atom stereocenters. The average Bonchev–Trinajstić information content (AvgIpc) is 2.68. The zero-order valence-electron chi connectivity index (χ0n) is 9.28. The Labute approximate surface area is 95.3 Å². The Morgan fingerprint density at radius 1 is 1.53 bits per heavy atom. The molecule has 0 aliphatic carbocycles. The van der Waals surface area contributed by atoms with Gasteiger partial charge in [0.05, 0.1) is 5.69 Å². The maximum Gasteiger partial charge on any atom is 0.185 e. The lowest BCUT2D eigenvalue weighted by atomic mass is 10.00. The molecule has 84 valence electrons. The van der Waals surface area contributed by atoms with Gasteiger partial charge in [-0.15, -0.1) is 11.3 Å². The molecular formula is C11H19N3S. The number of aromatic nitrogens is 1. The van der Waals surface area contributed by atoms with Gasteiger partial charge in [0.25, 0.3) is 0 Å². The van der Waals surface area contributed by atoms with Crippen LogP contribution in [0.25, 0.3) is 0 Å². The molecule has 0 amide bonds. The maximum absolute atomic E-state index is 5.52. The highest BCUT2D eigenvalue weighted by Gasteiger charge is 2.18. The zero-order chi connectivity index (χ0) is 10.7. The molecule has 0 saturated carbocycles. The first-order valence-electron chi connectivity index (χ1n) is 5.69. The van der Waals surface area contributed by atoms with Gasteiger partial charge in [-0.2, -0.15) is 0 Å². The van der Waals surface area contributed by atoms with Gasteiger partial charge in [-0.25, -0.2) is 4.98 Å². The van der Waals surface area contributed by atoms with Gasteiger partial charge in [0.15, 0.2) is 5.13 Å². The van der Waals surface area contributed by atoms with Gasteiger partial charge >= 0.3 is 0 Å². The monoisotopic (exact) mass is 225 g/mol. The van der Waals surface area contributed by atoms with Crippen LogP contribution in [0.5, 0.6) is 0 Å². The predicted molar refractivity (Wildman–Crippen MR) is 65.5 cm³/mol. The Morgan fingerprint density at radius 3 is 2.93 bits per heavy atom. The molecular weight excluding hydrogens is 206 g/mol. The van der Waals surface area contributed by atoms with Gasteiger partial charge in [0, 0.05) is 24.9 Å². The lowest BCUT2D eigenvalue weighted by molar-refractivity contribution is 0.438. The largest absolute Gasteiger partial charge is 0.348 e. The first kappa shape index (κ1) is 10.9. The quantitative estimate of drug-likeness (QED) is 0.854. The van der Waals surface area contributed by atoms with Gasteiger partial charge < -0.3 is 10.6 Å². The number of nitrogens with two attached hydrogens (primary N) is 1. The van der Waals surface area contributed by atoms with E-state index >= 15 is 0 Å². The van der Waals surface area contributed by atoms with Crippen LogP contribution >= 0.6 is 11.3 Å². The van der Waals surface area contributed by atoms with Crippen molar-refractivity contribution in [1.29, 1.82) is 0 Å². The summed E-state index contributed by atoms with van der Waals surface area (Å²) in [6, 6.07) is 0. The Kier molecular flexibility index (Phi) is 3.59. The Hall–Kier alpha value is -0.610. The summed E-state index contributed by atoms with van der Waals surface area (Å²) in [5.74, 6) is 0.879. The average molecular weight is 225 g/mol. The number of hydrogen-bond donors (Lipinski definition) is 1. The van der Waals surface area contributed by atoms with Crippen LogP contribution in [-0.4, -0.2) is 24.6 Å². The van der Waals surface area contributed by atoms with Gasteiger partial charge in [-0.3, -0.25) is 0 Å². The molecule has 1 aromatic rings. The van der Waals surface area contributed by atoms with Crippen molar-refractivity contribution >= 4 is 16.5 Å². The lowest BCUT2D eigenvalue weighted by Gasteiger charge is -2.29. The second kappa shape index (κ2) is 4.94. The summed E-state index contributed by atoms with van der Waals surface area (Å²) >= 11 is 1.76. The first-order valence-corrected chi connectivity index (χ1v) is 6.57.